The molecule has 0 aromatic carbocycles. The Morgan fingerprint density at radius 2 is 1.94 bits per heavy atom. The predicted molar refractivity (Wildman–Crippen MR) is 69.1 cm³/mol. The zero-order valence-corrected chi connectivity index (χ0v) is 11.1. The van der Waals surface area contributed by atoms with E-state index in [9.17, 15) is 9.59 Å². The van der Waals surface area contributed by atoms with E-state index in [-0.39, 0.29) is 23.9 Å². The molecule has 1 aliphatic carbocycles. The monoisotopic (exact) mass is 256 g/mol. The van der Waals surface area contributed by atoms with Gasteiger partial charge in [0.2, 0.25) is 5.91 Å². The molecule has 1 aliphatic rings. The van der Waals surface area contributed by atoms with Crippen LogP contribution in [0, 0.1) is 0 Å². The average molecular weight is 256 g/mol. The first-order valence-electron chi connectivity index (χ1n) is 6.75. The van der Waals surface area contributed by atoms with Crippen LogP contribution in [0.25, 0.3) is 0 Å². The van der Waals surface area contributed by atoms with Crippen LogP contribution in [0.15, 0.2) is 0 Å². The van der Waals surface area contributed by atoms with Gasteiger partial charge >= 0.3 is 5.97 Å². The van der Waals surface area contributed by atoms with Crippen molar-refractivity contribution in [2.75, 3.05) is 0 Å². The number of hydrogen-bond donors (Lipinski definition) is 3. The minimum absolute atomic E-state index is 0.0280. The molecule has 1 rings (SSSR count). The molecule has 5 heteroatoms. The average Bonchev–Trinajstić information content (AvgIpc) is 2.27. The standard InChI is InChI=1S/C13H24N2O3/c1-2-10(8-12(17)18)15-11(16)9-13(14)6-4-3-5-7-13/h10H,2-9,14H2,1H3,(H,15,16)(H,17,18). The molecule has 1 amide bonds. The molecule has 1 fully saturated rings. The van der Waals surface area contributed by atoms with Gasteiger partial charge < -0.3 is 16.2 Å². The van der Waals surface area contributed by atoms with Gasteiger partial charge in [0.05, 0.1) is 6.42 Å². The second-order valence-corrected chi connectivity index (χ2v) is 5.37. The normalized spacial score (nSPS) is 20.1. The summed E-state index contributed by atoms with van der Waals surface area (Å²) >= 11 is 0. The molecule has 0 spiro atoms. The topological polar surface area (TPSA) is 92.4 Å². The second-order valence-electron chi connectivity index (χ2n) is 5.37. The van der Waals surface area contributed by atoms with E-state index in [1.807, 2.05) is 6.92 Å². The summed E-state index contributed by atoms with van der Waals surface area (Å²) in [6.45, 7) is 1.87. The van der Waals surface area contributed by atoms with Gasteiger partial charge in [0, 0.05) is 18.0 Å². The molecule has 0 aromatic rings. The number of carbonyl (C=O) groups excluding carboxylic acids is 1. The first-order valence-corrected chi connectivity index (χ1v) is 6.75. The number of nitrogens with two attached hydrogens (primary N) is 1. The summed E-state index contributed by atoms with van der Waals surface area (Å²) in [5.74, 6) is -1.00. The van der Waals surface area contributed by atoms with Gasteiger partial charge in [-0.1, -0.05) is 26.2 Å². The molecule has 0 aromatic heterocycles. The lowest BCUT2D eigenvalue weighted by Crippen LogP contribution is -2.47. The van der Waals surface area contributed by atoms with Crippen LogP contribution in [0.5, 0.6) is 0 Å². The number of hydrogen-bond acceptors (Lipinski definition) is 3. The van der Waals surface area contributed by atoms with E-state index in [2.05, 4.69) is 5.32 Å². The number of amides is 1. The van der Waals surface area contributed by atoms with E-state index in [1.54, 1.807) is 0 Å². The van der Waals surface area contributed by atoms with Crippen molar-refractivity contribution in [2.45, 2.75) is 69.9 Å². The molecule has 0 aliphatic heterocycles. The van der Waals surface area contributed by atoms with Crippen molar-refractivity contribution in [2.24, 2.45) is 5.73 Å². The molecule has 0 bridgehead atoms. The van der Waals surface area contributed by atoms with E-state index >= 15 is 0 Å². The fourth-order valence-electron chi connectivity index (χ4n) is 2.54. The van der Waals surface area contributed by atoms with Gasteiger partial charge in [0.25, 0.3) is 0 Å². The second kappa shape index (κ2) is 6.73. The number of carboxylic acid groups (broad SMARTS) is 1. The van der Waals surface area contributed by atoms with Crippen LogP contribution in [0.1, 0.15) is 58.3 Å². The Labute approximate surface area is 108 Å². The lowest BCUT2D eigenvalue weighted by molar-refractivity contribution is -0.137. The first kappa shape index (κ1) is 15.0. The maximum Gasteiger partial charge on any atom is 0.305 e. The zero-order chi connectivity index (χ0) is 13.6. The summed E-state index contributed by atoms with van der Waals surface area (Å²) in [6.07, 6.45) is 6.02. The van der Waals surface area contributed by atoms with E-state index in [0.29, 0.717) is 12.8 Å². The predicted octanol–water partition coefficient (Wildman–Crippen LogP) is 1.41. The van der Waals surface area contributed by atoms with Crippen LogP contribution in [0.2, 0.25) is 0 Å². The van der Waals surface area contributed by atoms with Gasteiger partial charge in [0.15, 0.2) is 0 Å². The maximum absolute atomic E-state index is 11.9. The SMILES string of the molecule is CCC(CC(=O)O)NC(=O)CC1(N)CCCCC1. The summed E-state index contributed by atoms with van der Waals surface area (Å²) in [6, 6.07) is -0.290. The van der Waals surface area contributed by atoms with Crippen molar-refractivity contribution < 1.29 is 14.7 Å². The quantitative estimate of drug-likeness (QED) is 0.670. The van der Waals surface area contributed by atoms with Gasteiger partial charge in [-0.15, -0.1) is 0 Å². The number of carbonyl (C=O) groups is 2. The number of carboxylic acids is 1. The molecule has 1 saturated carbocycles. The van der Waals surface area contributed by atoms with Crippen LogP contribution in [-0.2, 0) is 9.59 Å². The summed E-state index contributed by atoms with van der Waals surface area (Å²) in [5.41, 5.74) is 5.82. The molecule has 0 heterocycles. The van der Waals surface area contributed by atoms with Crippen molar-refractivity contribution in [3.05, 3.63) is 0 Å². The molecule has 4 N–H and O–H groups in total. The number of aliphatic carboxylic acids is 1. The Morgan fingerprint density at radius 3 is 2.44 bits per heavy atom. The molecule has 5 nitrogen and oxygen atoms in total. The van der Waals surface area contributed by atoms with Crippen LogP contribution < -0.4 is 11.1 Å². The van der Waals surface area contributed by atoms with Crippen LogP contribution in [0.3, 0.4) is 0 Å². The molecule has 0 saturated heterocycles. The smallest absolute Gasteiger partial charge is 0.305 e. The molecular formula is C13H24N2O3. The number of rotatable bonds is 6. The molecule has 104 valence electrons. The molecule has 1 atom stereocenters. The third-order valence-corrected chi connectivity index (χ3v) is 3.64. The van der Waals surface area contributed by atoms with Crippen LogP contribution in [0.4, 0.5) is 0 Å². The third kappa shape index (κ3) is 5.04. The summed E-state index contributed by atoms with van der Waals surface area (Å²) in [5, 5.41) is 11.5. The molecule has 1 unspecified atom stereocenters. The van der Waals surface area contributed by atoms with Gasteiger partial charge in [-0.05, 0) is 19.3 Å². The minimum Gasteiger partial charge on any atom is -0.481 e. The molecular weight excluding hydrogens is 232 g/mol. The van der Waals surface area contributed by atoms with Crippen molar-refractivity contribution in [1.82, 2.24) is 5.32 Å². The highest BCUT2D eigenvalue weighted by Crippen LogP contribution is 2.28. The maximum atomic E-state index is 11.9. The van der Waals surface area contributed by atoms with E-state index in [0.717, 1.165) is 25.7 Å². The van der Waals surface area contributed by atoms with Gasteiger partial charge in [-0.25, -0.2) is 0 Å². The highest BCUT2D eigenvalue weighted by molar-refractivity contribution is 5.78. The van der Waals surface area contributed by atoms with E-state index in [1.165, 1.54) is 6.42 Å². The Kier molecular flexibility index (Phi) is 5.59. The fourth-order valence-corrected chi connectivity index (χ4v) is 2.54. The Balaban J connectivity index is 2.41. The largest absolute Gasteiger partial charge is 0.481 e. The highest BCUT2D eigenvalue weighted by atomic mass is 16.4. The highest BCUT2D eigenvalue weighted by Gasteiger charge is 2.30. The van der Waals surface area contributed by atoms with E-state index in [4.69, 9.17) is 10.8 Å². The van der Waals surface area contributed by atoms with E-state index < -0.39 is 5.97 Å². The Morgan fingerprint density at radius 1 is 1.33 bits per heavy atom. The van der Waals surface area contributed by atoms with Gasteiger partial charge in [0.1, 0.15) is 0 Å². The summed E-state index contributed by atoms with van der Waals surface area (Å²) < 4.78 is 0. The van der Waals surface area contributed by atoms with Gasteiger partial charge in [-0.2, -0.15) is 0 Å². The molecule has 18 heavy (non-hydrogen) atoms. The van der Waals surface area contributed by atoms with Crippen LogP contribution >= 0.6 is 0 Å². The minimum atomic E-state index is -0.887. The molecule has 0 radical (unpaired) electrons. The Bertz CT molecular complexity index is 299. The first-order chi connectivity index (χ1) is 8.45. The fraction of sp³-hybridized carbons (Fsp3) is 0.846. The summed E-state index contributed by atoms with van der Waals surface area (Å²) in [4.78, 5) is 22.5. The van der Waals surface area contributed by atoms with Crippen molar-refractivity contribution in [3.63, 3.8) is 0 Å². The Hall–Kier alpha value is -1.10. The van der Waals surface area contributed by atoms with Crippen molar-refractivity contribution in [1.29, 1.82) is 0 Å². The van der Waals surface area contributed by atoms with Gasteiger partial charge in [-0.3, -0.25) is 9.59 Å². The lowest BCUT2D eigenvalue weighted by atomic mass is 9.80. The summed E-state index contributed by atoms with van der Waals surface area (Å²) in [7, 11) is 0. The van der Waals surface area contributed by atoms with Crippen molar-refractivity contribution in [3.8, 4) is 0 Å². The number of nitrogens with one attached hydrogen (secondary N) is 1. The van der Waals surface area contributed by atoms with Crippen LogP contribution in [-0.4, -0.2) is 28.6 Å². The van der Waals surface area contributed by atoms with Crippen molar-refractivity contribution >= 4 is 11.9 Å². The third-order valence-electron chi connectivity index (χ3n) is 3.64. The zero-order valence-electron chi connectivity index (χ0n) is 11.1. The lowest BCUT2D eigenvalue weighted by Gasteiger charge is -2.33.